The smallest absolute Gasteiger partial charge is 0.295 e. The molecule has 0 fully saturated rings. The summed E-state index contributed by atoms with van der Waals surface area (Å²) in [6.07, 6.45) is 0. The Hall–Kier alpha value is -1.66. The number of carbonyl (C=O) groups is 1. The molecule has 0 saturated heterocycles. The first-order valence-electron chi connectivity index (χ1n) is 6.00. The van der Waals surface area contributed by atoms with Gasteiger partial charge in [-0.05, 0) is 40.2 Å². The average Bonchev–Trinajstić information content (AvgIpc) is 2.98. The maximum atomic E-state index is 12.3. The maximum absolute atomic E-state index is 12.3. The minimum atomic E-state index is -0.171. The van der Waals surface area contributed by atoms with Crippen molar-refractivity contribution in [3.05, 3.63) is 55.5 Å². The van der Waals surface area contributed by atoms with E-state index in [0.29, 0.717) is 4.88 Å². The Kier molecular flexibility index (Phi) is 3.35. The van der Waals surface area contributed by atoms with Gasteiger partial charge in [-0.25, -0.2) is 4.79 Å². The number of fused-ring (bicyclic) bond motifs is 1. The van der Waals surface area contributed by atoms with E-state index in [4.69, 9.17) is 0 Å². The van der Waals surface area contributed by atoms with E-state index in [2.05, 4.69) is 15.9 Å². The highest BCUT2D eigenvalue weighted by atomic mass is 79.9. The predicted molar refractivity (Wildman–Crippen MR) is 83.5 cm³/mol. The lowest BCUT2D eigenvalue weighted by molar-refractivity contribution is 0.0976. The SMILES string of the molecule is Cn1c(=O)n(CC(=O)c2ccc(Br)s2)c2ccccc21. The molecular formula is C14H11BrN2O2S. The first kappa shape index (κ1) is 13.3. The molecule has 2 aromatic heterocycles. The molecule has 0 amide bonds. The fraction of sp³-hybridized carbons (Fsp3) is 0.143. The number of thiophene rings is 1. The van der Waals surface area contributed by atoms with Crippen molar-refractivity contribution in [2.45, 2.75) is 6.54 Å². The lowest BCUT2D eigenvalue weighted by Crippen LogP contribution is -2.25. The molecule has 0 radical (unpaired) electrons. The molecule has 0 atom stereocenters. The zero-order valence-corrected chi connectivity index (χ0v) is 13.1. The fourth-order valence-electron chi connectivity index (χ4n) is 2.20. The van der Waals surface area contributed by atoms with Crippen LogP contribution in [0, 0.1) is 0 Å². The molecule has 4 nitrogen and oxygen atoms in total. The quantitative estimate of drug-likeness (QED) is 0.681. The predicted octanol–water partition coefficient (Wildman–Crippen LogP) is 3.05. The third kappa shape index (κ3) is 2.14. The van der Waals surface area contributed by atoms with E-state index in [1.165, 1.54) is 15.9 Å². The normalized spacial score (nSPS) is 11.1. The number of benzene rings is 1. The number of carbonyl (C=O) groups excluding carboxylic acids is 1. The standard InChI is InChI=1S/C14H11BrN2O2S/c1-16-9-4-2-3-5-10(9)17(14(16)19)8-11(18)12-6-7-13(15)20-12/h2-7H,8H2,1H3. The van der Waals surface area contributed by atoms with Crippen LogP contribution in [0.1, 0.15) is 9.67 Å². The second kappa shape index (κ2) is 5.03. The molecule has 1 aromatic carbocycles. The van der Waals surface area contributed by atoms with Crippen LogP contribution in [0.15, 0.2) is 45.0 Å². The molecule has 0 aliphatic carbocycles. The Bertz CT molecular complexity index is 860. The van der Waals surface area contributed by atoms with Crippen molar-refractivity contribution in [1.29, 1.82) is 0 Å². The summed E-state index contributed by atoms with van der Waals surface area (Å²) < 4.78 is 3.99. The van der Waals surface area contributed by atoms with Crippen LogP contribution in [0.25, 0.3) is 11.0 Å². The van der Waals surface area contributed by atoms with E-state index in [0.717, 1.165) is 14.8 Å². The lowest BCUT2D eigenvalue weighted by atomic mass is 10.3. The molecule has 2 heterocycles. The van der Waals surface area contributed by atoms with Gasteiger partial charge >= 0.3 is 5.69 Å². The Morgan fingerprint density at radius 3 is 2.55 bits per heavy atom. The van der Waals surface area contributed by atoms with Crippen LogP contribution < -0.4 is 5.69 Å². The zero-order valence-electron chi connectivity index (χ0n) is 10.7. The van der Waals surface area contributed by atoms with Crippen LogP contribution in [-0.2, 0) is 13.6 Å². The van der Waals surface area contributed by atoms with Gasteiger partial charge in [0.2, 0.25) is 0 Å². The van der Waals surface area contributed by atoms with Crippen LogP contribution in [-0.4, -0.2) is 14.9 Å². The Labute approximate surface area is 127 Å². The molecular weight excluding hydrogens is 340 g/mol. The van der Waals surface area contributed by atoms with Gasteiger partial charge in [-0.2, -0.15) is 0 Å². The molecule has 20 heavy (non-hydrogen) atoms. The third-order valence-electron chi connectivity index (χ3n) is 3.20. The number of ketones is 1. The number of para-hydroxylation sites is 2. The second-order valence-corrected chi connectivity index (χ2v) is 6.91. The average molecular weight is 351 g/mol. The maximum Gasteiger partial charge on any atom is 0.329 e. The van der Waals surface area contributed by atoms with E-state index in [1.807, 2.05) is 30.3 Å². The number of aryl methyl sites for hydroxylation is 1. The number of nitrogens with zero attached hydrogens (tertiary/aromatic N) is 2. The molecule has 0 spiro atoms. The van der Waals surface area contributed by atoms with Crippen molar-refractivity contribution in [3.63, 3.8) is 0 Å². The first-order chi connectivity index (χ1) is 9.58. The summed E-state index contributed by atoms with van der Waals surface area (Å²) in [5.41, 5.74) is 1.44. The molecule has 0 aliphatic heterocycles. The molecule has 3 aromatic rings. The topological polar surface area (TPSA) is 44.0 Å². The number of hydrogen-bond acceptors (Lipinski definition) is 3. The first-order valence-corrected chi connectivity index (χ1v) is 7.61. The summed E-state index contributed by atoms with van der Waals surface area (Å²) in [6, 6.07) is 11.1. The van der Waals surface area contributed by atoms with Gasteiger partial charge in [-0.3, -0.25) is 13.9 Å². The highest BCUT2D eigenvalue weighted by Crippen LogP contribution is 2.23. The van der Waals surface area contributed by atoms with E-state index in [1.54, 1.807) is 17.7 Å². The molecule has 0 bridgehead atoms. The van der Waals surface area contributed by atoms with Gasteiger partial charge in [0.25, 0.3) is 0 Å². The molecule has 0 aliphatic rings. The summed E-state index contributed by atoms with van der Waals surface area (Å²) in [4.78, 5) is 25.1. The van der Waals surface area contributed by atoms with Gasteiger partial charge in [0.05, 0.1) is 26.2 Å². The molecule has 0 N–H and O–H groups in total. The van der Waals surface area contributed by atoms with E-state index in [-0.39, 0.29) is 18.0 Å². The largest absolute Gasteiger partial charge is 0.329 e. The fourth-order valence-corrected chi connectivity index (χ4v) is 3.52. The van der Waals surface area contributed by atoms with Crippen molar-refractivity contribution < 1.29 is 4.79 Å². The summed E-state index contributed by atoms with van der Waals surface area (Å²) >= 11 is 4.72. The lowest BCUT2D eigenvalue weighted by Gasteiger charge is -2.00. The van der Waals surface area contributed by atoms with E-state index >= 15 is 0 Å². The number of imidazole rings is 1. The van der Waals surface area contributed by atoms with Crippen LogP contribution in [0.4, 0.5) is 0 Å². The number of halogens is 1. The van der Waals surface area contributed by atoms with Crippen LogP contribution in [0.2, 0.25) is 0 Å². The van der Waals surface area contributed by atoms with Crippen LogP contribution >= 0.6 is 27.3 Å². The van der Waals surface area contributed by atoms with E-state index < -0.39 is 0 Å². The molecule has 6 heteroatoms. The van der Waals surface area contributed by atoms with Crippen molar-refractivity contribution >= 4 is 44.1 Å². The molecule has 0 unspecified atom stereocenters. The monoisotopic (exact) mass is 350 g/mol. The highest BCUT2D eigenvalue weighted by molar-refractivity contribution is 9.11. The number of aromatic nitrogens is 2. The number of Topliss-reactive ketones (excluding diaryl/α,β-unsaturated/α-hetero) is 1. The summed E-state index contributed by atoms with van der Waals surface area (Å²) in [5.74, 6) is -0.0563. The van der Waals surface area contributed by atoms with Gasteiger partial charge in [0.1, 0.15) is 0 Å². The zero-order chi connectivity index (χ0) is 14.3. The minimum absolute atomic E-state index is 0.0563. The Balaban J connectivity index is 2.05. The number of hydrogen-bond donors (Lipinski definition) is 0. The summed E-state index contributed by atoms with van der Waals surface area (Å²) in [6.45, 7) is 0.0626. The Morgan fingerprint density at radius 1 is 1.20 bits per heavy atom. The molecule has 102 valence electrons. The van der Waals surface area contributed by atoms with Gasteiger partial charge < -0.3 is 0 Å². The van der Waals surface area contributed by atoms with Crippen LogP contribution in [0.3, 0.4) is 0 Å². The van der Waals surface area contributed by atoms with Gasteiger partial charge in [0.15, 0.2) is 5.78 Å². The second-order valence-electron chi connectivity index (χ2n) is 4.44. The van der Waals surface area contributed by atoms with E-state index in [9.17, 15) is 9.59 Å². The van der Waals surface area contributed by atoms with Gasteiger partial charge in [0, 0.05) is 7.05 Å². The van der Waals surface area contributed by atoms with Crippen molar-refractivity contribution in [2.75, 3.05) is 0 Å². The van der Waals surface area contributed by atoms with Crippen molar-refractivity contribution in [2.24, 2.45) is 7.05 Å². The van der Waals surface area contributed by atoms with Crippen LogP contribution in [0.5, 0.6) is 0 Å². The summed E-state index contributed by atoms with van der Waals surface area (Å²) in [5, 5.41) is 0. The Morgan fingerprint density at radius 2 is 1.90 bits per heavy atom. The minimum Gasteiger partial charge on any atom is -0.295 e. The molecule has 0 saturated carbocycles. The number of rotatable bonds is 3. The van der Waals surface area contributed by atoms with Crippen molar-refractivity contribution in [1.82, 2.24) is 9.13 Å². The van der Waals surface area contributed by atoms with Gasteiger partial charge in [-0.1, -0.05) is 12.1 Å². The summed E-state index contributed by atoms with van der Waals surface area (Å²) in [7, 11) is 1.72. The third-order valence-corrected chi connectivity index (χ3v) is 4.87. The van der Waals surface area contributed by atoms with Crippen molar-refractivity contribution in [3.8, 4) is 0 Å². The van der Waals surface area contributed by atoms with Gasteiger partial charge in [-0.15, -0.1) is 11.3 Å². The molecule has 3 rings (SSSR count). The highest BCUT2D eigenvalue weighted by Gasteiger charge is 2.15.